The van der Waals surface area contributed by atoms with Crippen LogP contribution in [0.4, 0.5) is 5.69 Å². The summed E-state index contributed by atoms with van der Waals surface area (Å²) in [6, 6.07) is 13.8. The smallest absolute Gasteiger partial charge is 0.258 e. The molecule has 2 aromatic carbocycles. The Morgan fingerprint density at radius 1 is 1.15 bits per heavy atom. The lowest BCUT2D eigenvalue weighted by Crippen LogP contribution is -2.48. The number of aryl methyl sites for hydroxylation is 2. The number of aromatic nitrogens is 1. The van der Waals surface area contributed by atoms with Crippen molar-refractivity contribution in [3.8, 4) is 5.75 Å². The number of anilines is 1. The van der Waals surface area contributed by atoms with Gasteiger partial charge in [0.25, 0.3) is 5.91 Å². The maximum absolute atomic E-state index is 14.4. The van der Waals surface area contributed by atoms with E-state index in [0.29, 0.717) is 24.5 Å². The molecule has 0 radical (unpaired) electrons. The van der Waals surface area contributed by atoms with Gasteiger partial charge >= 0.3 is 0 Å². The van der Waals surface area contributed by atoms with Gasteiger partial charge in [-0.3, -0.25) is 9.59 Å². The summed E-state index contributed by atoms with van der Waals surface area (Å²) in [5.74, 6) is -0.374. The predicted octanol–water partition coefficient (Wildman–Crippen LogP) is 4.59. The molecule has 2 amide bonds. The molecule has 1 aromatic heterocycles. The summed E-state index contributed by atoms with van der Waals surface area (Å²) in [7, 11) is -2.45. The first-order valence-electron chi connectivity index (χ1n) is 16.4. The molecule has 1 aliphatic heterocycles. The van der Waals surface area contributed by atoms with Crippen LogP contribution in [0.15, 0.2) is 57.9 Å². The molecule has 0 spiro atoms. The van der Waals surface area contributed by atoms with E-state index in [1.54, 1.807) is 43.9 Å². The molecule has 48 heavy (non-hydrogen) atoms. The summed E-state index contributed by atoms with van der Waals surface area (Å²) in [5.41, 5.74) is 1.83. The maximum atomic E-state index is 14.4. The Morgan fingerprint density at radius 3 is 2.54 bits per heavy atom. The third-order valence-corrected chi connectivity index (χ3v) is 10.7. The summed E-state index contributed by atoms with van der Waals surface area (Å²) >= 11 is 0. The number of carbonyl (C=O) groups excluding carboxylic acids is 2. The molecule has 0 saturated heterocycles. The van der Waals surface area contributed by atoms with Crippen molar-refractivity contribution in [1.29, 1.82) is 0 Å². The van der Waals surface area contributed by atoms with E-state index in [0.717, 1.165) is 18.4 Å². The Hall–Kier alpha value is -3.78. The predicted molar refractivity (Wildman–Crippen MR) is 181 cm³/mol. The lowest BCUT2D eigenvalue weighted by molar-refractivity contribution is -0.115. The van der Waals surface area contributed by atoms with Crippen LogP contribution in [0.3, 0.4) is 0 Å². The van der Waals surface area contributed by atoms with Crippen LogP contribution in [0, 0.1) is 19.8 Å². The number of benzene rings is 2. The second-order valence-corrected chi connectivity index (χ2v) is 14.6. The zero-order chi connectivity index (χ0) is 35.0. The standard InChI is InChI=1S/C35H48N4O8S/c1-23-20-39(24(2)22-40)35(42)30-19-29(36-33(41)18-28-13-8-7-9-14-28)15-16-31(30)46-25(3)12-10-11-17-45-32(23)21-38(6)48(43,44)34-26(4)37-47-27(34)5/h7-9,13-16,19,23-25,32,40H,10-12,17-18,20-22H2,1-6H3,(H,36,41)/t23-,24+,25-,32+/m1/s1. The molecule has 2 heterocycles. The molecular weight excluding hydrogens is 636 g/mol. The number of likely N-dealkylation sites (N-methyl/N-ethyl adjacent to an activating group) is 1. The molecule has 0 bridgehead atoms. The Bertz CT molecular complexity index is 1630. The molecule has 4 atom stereocenters. The molecular formula is C35H48N4O8S. The van der Waals surface area contributed by atoms with E-state index < -0.39 is 28.1 Å². The molecule has 13 heteroatoms. The van der Waals surface area contributed by atoms with Gasteiger partial charge in [-0.25, -0.2) is 8.42 Å². The minimum Gasteiger partial charge on any atom is -0.490 e. The molecule has 0 unspecified atom stereocenters. The number of amides is 2. The summed E-state index contributed by atoms with van der Waals surface area (Å²) in [4.78, 5) is 28.8. The van der Waals surface area contributed by atoms with Crippen molar-refractivity contribution in [2.24, 2.45) is 5.92 Å². The third-order valence-electron chi connectivity index (χ3n) is 8.62. The van der Waals surface area contributed by atoms with Crippen molar-refractivity contribution < 1.29 is 37.1 Å². The van der Waals surface area contributed by atoms with Crippen molar-refractivity contribution in [3.05, 3.63) is 71.1 Å². The van der Waals surface area contributed by atoms with E-state index in [1.165, 1.54) is 11.4 Å². The Morgan fingerprint density at radius 2 is 1.88 bits per heavy atom. The first-order valence-corrected chi connectivity index (χ1v) is 17.8. The third kappa shape index (κ3) is 9.22. The molecule has 0 fully saturated rings. The van der Waals surface area contributed by atoms with Crippen LogP contribution < -0.4 is 10.1 Å². The van der Waals surface area contributed by atoms with Crippen LogP contribution in [0.5, 0.6) is 5.75 Å². The van der Waals surface area contributed by atoms with E-state index in [2.05, 4.69) is 10.5 Å². The van der Waals surface area contributed by atoms with Gasteiger partial charge < -0.3 is 29.3 Å². The average Bonchev–Trinajstić information content (AvgIpc) is 3.40. The van der Waals surface area contributed by atoms with Gasteiger partial charge in [0, 0.05) is 38.3 Å². The van der Waals surface area contributed by atoms with Crippen LogP contribution in [0.2, 0.25) is 0 Å². The van der Waals surface area contributed by atoms with E-state index in [-0.39, 0.29) is 66.0 Å². The number of aliphatic hydroxyl groups excluding tert-OH is 1. The highest BCUT2D eigenvalue weighted by molar-refractivity contribution is 7.89. The van der Waals surface area contributed by atoms with Gasteiger partial charge in [-0.15, -0.1) is 0 Å². The minimum atomic E-state index is -3.94. The highest BCUT2D eigenvalue weighted by atomic mass is 32.2. The first-order chi connectivity index (χ1) is 22.8. The molecule has 2 N–H and O–H groups in total. The second-order valence-electron chi connectivity index (χ2n) is 12.7. The quantitative estimate of drug-likeness (QED) is 0.330. The van der Waals surface area contributed by atoms with E-state index in [4.69, 9.17) is 14.0 Å². The van der Waals surface area contributed by atoms with Crippen molar-refractivity contribution in [2.45, 2.75) is 83.4 Å². The average molecular weight is 685 g/mol. The monoisotopic (exact) mass is 684 g/mol. The van der Waals surface area contributed by atoms with Gasteiger partial charge in [0.2, 0.25) is 15.9 Å². The van der Waals surface area contributed by atoms with Gasteiger partial charge in [0.1, 0.15) is 16.3 Å². The fourth-order valence-electron chi connectivity index (χ4n) is 5.80. The molecule has 4 rings (SSSR count). The number of fused-ring (bicyclic) bond motifs is 1. The molecule has 0 saturated carbocycles. The van der Waals surface area contributed by atoms with Crippen LogP contribution in [0.25, 0.3) is 0 Å². The number of hydrogen-bond acceptors (Lipinski definition) is 9. The van der Waals surface area contributed by atoms with Crippen LogP contribution in [-0.4, -0.2) is 91.3 Å². The van der Waals surface area contributed by atoms with E-state index in [1.807, 2.05) is 44.2 Å². The van der Waals surface area contributed by atoms with Crippen molar-refractivity contribution in [2.75, 3.05) is 38.7 Å². The summed E-state index contributed by atoms with van der Waals surface area (Å²) in [5, 5.41) is 16.9. The van der Waals surface area contributed by atoms with E-state index in [9.17, 15) is 23.1 Å². The van der Waals surface area contributed by atoms with Crippen LogP contribution in [0.1, 0.15) is 67.4 Å². The van der Waals surface area contributed by atoms with Gasteiger partial charge in [-0.1, -0.05) is 42.4 Å². The van der Waals surface area contributed by atoms with Crippen molar-refractivity contribution >= 4 is 27.5 Å². The van der Waals surface area contributed by atoms with E-state index >= 15 is 0 Å². The highest BCUT2D eigenvalue weighted by Gasteiger charge is 2.34. The molecule has 12 nitrogen and oxygen atoms in total. The number of rotatable bonds is 9. The van der Waals surface area contributed by atoms with Crippen LogP contribution in [-0.2, 0) is 26.0 Å². The van der Waals surface area contributed by atoms with Gasteiger partial charge in [-0.2, -0.15) is 4.31 Å². The number of sulfonamides is 1. The number of ether oxygens (including phenoxy) is 2. The number of nitrogens with zero attached hydrogens (tertiary/aromatic N) is 3. The largest absolute Gasteiger partial charge is 0.490 e. The van der Waals surface area contributed by atoms with Crippen molar-refractivity contribution in [3.63, 3.8) is 0 Å². The van der Waals surface area contributed by atoms with Crippen LogP contribution >= 0.6 is 0 Å². The molecule has 1 aliphatic rings. The maximum Gasteiger partial charge on any atom is 0.258 e. The van der Waals surface area contributed by atoms with Gasteiger partial charge in [0.05, 0.1) is 36.8 Å². The Labute approximate surface area is 283 Å². The Balaban J connectivity index is 1.64. The second kappa shape index (κ2) is 16.6. The fraction of sp³-hybridized carbons (Fsp3) is 0.514. The lowest BCUT2D eigenvalue weighted by atomic mass is 10.0. The van der Waals surface area contributed by atoms with Crippen molar-refractivity contribution in [1.82, 2.24) is 14.4 Å². The summed E-state index contributed by atoms with van der Waals surface area (Å²) < 4.78 is 46.1. The Kier molecular flexibility index (Phi) is 12.8. The zero-order valence-corrected chi connectivity index (χ0v) is 29.5. The topological polar surface area (TPSA) is 152 Å². The van der Waals surface area contributed by atoms with Gasteiger partial charge in [-0.05, 0) is 70.7 Å². The molecule has 3 aromatic rings. The fourth-order valence-corrected chi connectivity index (χ4v) is 7.27. The first kappa shape index (κ1) is 37.0. The highest BCUT2D eigenvalue weighted by Crippen LogP contribution is 2.29. The normalized spacial score (nSPS) is 20.5. The number of carbonyl (C=O) groups is 2. The lowest BCUT2D eigenvalue weighted by Gasteiger charge is -2.35. The number of hydrogen-bond donors (Lipinski definition) is 2. The molecule has 0 aliphatic carbocycles. The SMILES string of the molecule is Cc1noc(C)c1S(=O)(=O)N(C)C[C@@H]1OCCCC[C@@H](C)Oc2ccc(NC(=O)Cc3ccccc3)cc2C(=O)N([C@@H](C)CO)C[C@H]1C. The van der Waals surface area contributed by atoms with Gasteiger partial charge in [0.15, 0.2) is 5.76 Å². The number of nitrogens with one attached hydrogen (secondary N) is 1. The summed E-state index contributed by atoms with van der Waals surface area (Å²) in [6.07, 6.45) is 1.59. The number of aliphatic hydroxyl groups is 1. The minimum absolute atomic E-state index is 0.0246. The zero-order valence-electron chi connectivity index (χ0n) is 28.6. The summed E-state index contributed by atoms with van der Waals surface area (Å²) in [6.45, 7) is 9.00. The molecule has 262 valence electrons.